The lowest BCUT2D eigenvalue weighted by Crippen LogP contribution is -2.39. The van der Waals surface area contributed by atoms with Gasteiger partial charge in [-0.15, -0.1) is 0 Å². The van der Waals surface area contributed by atoms with Crippen molar-refractivity contribution < 1.29 is 9.47 Å². The fourth-order valence-electron chi connectivity index (χ4n) is 3.16. The van der Waals surface area contributed by atoms with Crippen molar-refractivity contribution in [3.63, 3.8) is 0 Å². The van der Waals surface area contributed by atoms with E-state index < -0.39 is 0 Å². The first kappa shape index (κ1) is 15.6. The lowest BCUT2D eigenvalue weighted by Gasteiger charge is -2.27. The van der Waals surface area contributed by atoms with Gasteiger partial charge in [-0.1, -0.05) is 18.5 Å². The van der Waals surface area contributed by atoms with Crippen molar-refractivity contribution in [2.24, 2.45) is 5.92 Å². The van der Waals surface area contributed by atoms with Gasteiger partial charge in [-0.25, -0.2) is 0 Å². The molecule has 3 nitrogen and oxygen atoms in total. The molecule has 0 aliphatic carbocycles. The maximum atomic E-state index is 6.12. The summed E-state index contributed by atoms with van der Waals surface area (Å²) in [7, 11) is 3.72. The minimum atomic E-state index is 0.359. The first-order chi connectivity index (χ1) is 9.69. The SMILES string of the molecule is CCC1OCCC1C(Cc1cc(Cl)ccc1OC)NC. The summed E-state index contributed by atoms with van der Waals surface area (Å²) >= 11 is 6.12. The van der Waals surface area contributed by atoms with Crippen molar-refractivity contribution >= 4 is 11.6 Å². The molecule has 1 N–H and O–H groups in total. The molecule has 1 aliphatic rings. The molecule has 1 aromatic rings. The summed E-state index contributed by atoms with van der Waals surface area (Å²) in [5.41, 5.74) is 1.15. The maximum Gasteiger partial charge on any atom is 0.122 e. The minimum Gasteiger partial charge on any atom is -0.496 e. The average Bonchev–Trinajstić information content (AvgIpc) is 2.93. The second-order valence-electron chi connectivity index (χ2n) is 5.33. The van der Waals surface area contributed by atoms with Gasteiger partial charge in [0.2, 0.25) is 0 Å². The molecule has 0 spiro atoms. The van der Waals surface area contributed by atoms with Gasteiger partial charge in [0, 0.05) is 23.6 Å². The smallest absolute Gasteiger partial charge is 0.122 e. The summed E-state index contributed by atoms with van der Waals surface area (Å²) in [6.45, 7) is 3.06. The molecule has 1 saturated heterocycles. The summed E-state index contributed by atoms with van der Waals surface area (Å²) < 4.78 is 11.3. The normalized spacial score (nSPS) is 23.8. The van der Waals surface area contributed by atoms with E-state index in [0.717, 1.165) is 42.2 Å². The quantitative estimate of drug-likeness (QED) is 0.874. The Labute approximate surface area is 126 Å². The molecular formula is C16H24ClNO2. The maximum absolute atomic E-state index is 6.12. The van der Waals surface area contributed by atoms with E-state index in [-0.39, 0.29) is 0 Å². The van der Waals surface area contributed by atoms with Gasteiger partial charge in [0.1, 0.15) is 5.75 Å². The molecule has 1 aromatic carbocycles. The van der Waals surface area contributed by atoms with Crippen molar-refractivity contribution in [2.75, 3.05) is 20.8 Å². The van der Waals surface area contributed by atoms with E-state index in [4.69, 9.17) is 21.1 Å². The highest BCUT2D eigenvalue weighted by Crippen LogP contribution is 2.31. The number of hydrogen-bond acceptors (Lipinski definition) is 3. The van der Waals surface area contributed by atoms with Crippen LogP contribution in [0.15, 0.2) is 18.2 Å². The summed E-state index contributed by atoms with van der Waals surface area (Å²) in [5.74, 6) is 1.45. The minimum absolute atomic E-state index is 0.359. The Bertz CT molecular complexity index is 438. The van der Waals surface area contributed by atoms with Crippen molar-refractivity contribution in [3.8, 4) is 5.75 Å². The van der Waals surface area contributed by atoms with Crippen LogP contribution in [0.5, 0.6) is 5.75 Å². The third-order valence-electron chi connectivity index (χ3n) is 4.23. The van der Waals surface area contributed by atoms with Crippen molar-refractivity contribution in [1.82, 2.24) is 5.32 Å². The summed E-state index contributed by atoms with van der Waals surface area (Å²) in [5, 5.41) is 4.20. The Morgan fingerprint density at radius 3 is 2.95 bits per heavy atom. The van der Waals surface area contributed by atoms with Crippen LogP contribution in [-0.4, -0.2) is 32.9 Å². The first-order valence-corrected chi connectivity index (χ1v) is 7.68. The molecule has 2 rings (SSSR count). The number of ether oxygens (including phenoxy) is 2. The number of nitrogens with one attached hydrogen (secondary N) is 1. The fraction of sp³-hybridized carbons (Fsp3) is 0.625. The molecule has 112 valence electrons. The number of likely N-dealkylation sites (N-methyl/N-ethyl adjacent to an activating group) is 1. The third kappa shape index (κ3) is 3.46. The highest BCUT2D eigenvalue weighted by molar-refractivity contribution is 6.30. The van der Waals surface area contributed by atoms with Crippen molar-refractivity contribution in [3.05, 3.63) is 28.8 Å². The van der Waals surface area contributed by atoms with Gasteiger partial charge in [-0.05, 0) is 50.1 Å². The van der Waals surface area contributed by atoms with Gasteiger partial charge in [0.15, 0.2) is 0 Å². The van der Waals surface area contributed by atoms with Crippen LogP contribution in [0.2, 0.25) is 5.02 Å². The van der Waals surface area contributed by atoms with E-state index in [9.17, 15) is 0 Å². The van der Waals surface area contributed by atoms with Gasteiger partial charge in [-0.3, -0.25) is 0 Å². The van der Waals surface area contributed by atoms with Crippen LogP contribution in [0.1, 0.15) is 25.3 Å². The molecule has 0 amide bonds. The molecule has 0 radical (unpaired) electrons. The predicted octanol–water partition coefficient (Wildman–Crippen LogP) is 3.29. The van der Waals surface area contributed by atoms with Crippen LogP contribution in [0, 0.1) is 5.92 Å². The van der Waals surface area contributed by atoms with Crippen LogP contribution in [0.3, 0.4) is 0 Å². The molecule has 3 unspecified atom stereocenters. The van der Waals surface area contributed by atoms with Crippen LogP contribution < -0.4 is 10.1 Å². The molecule has 20 heavy (non-hydrogen) atoms. The van der Waals surface area contributed by atoms with E-state index in [1.807, 2.05) is 25.2 Å². The summed E-state index contributed by atoms with van der Waals surface area (Å²) in [4.78, 5) is 0. The van der Waals surface area contributed by atoms with Crippen molar-refractivity contribution in [2.45, 2.75) is 38.3 Å². The van der Waals surface area contributed by atoms with Crippen LogP contribution in [-0.2, 0) is 11.2 Å². The molecule has 0 bridgehead atoms. The molecule has 1 fully saturated rings. The zero-order chi connectivity index (χ0) is 14.5. The molecular weight excluding hydrogens is 274 g/mol. The van der Waals surface area contributed by atoms with E-state index in [1.165, 1.54) is 0 Å². The van der Waals surface area contributed by atoms with E-state index >= 15 is 0 Å². The van der Waals surface area contributed by atoms with Crippen LogP contribution >= 0.6 is 11.6 Å². The second kappa shape index (κ2) is 7.30. The Hall–Kier alpha value is -0.770. The van der Waals surface area contributed by atoms with Crippen LogP contribution in [0.25, 0.3) is 0 Å². The zero-order valence-corrected chi connectivity index (χ0v) is 13.2. The van der Waals surface area contributed by atoms with Gasteiger partial charge >= 0.3 is 0 Å². The monoisotopic (exact) mass is 297 g/mol. The average molecular weight is 298 g/mol. The lowest BCUT2D eigenvalue weighted by molar-refractivity contribution is 0.0782. The van der Waals surface area contributed by atoms with E-state index in [0.29, 0.717) is 18.1 Å². The highest BCUT2D eigenvalue weighted by atomic mass is 35.5. The Morgan fingerprint density at radius 2 is 2.30 bits per heavy atom. The Balaban J connectivity index is 2.15. The fourth-order valence-corrected chi connectivity index (χ4v) is 3.35. The Morgan fingerprint density at radius 1 is 1.50 bits per heavy atom. The van der Waals surface area contributed by atoms with E-state index in [2.05, 4.69) is 12.2 Å². The van der Waals surface area contributed by atoms with Gasteiger partial charge in [0.05, 0.1) is 13.2 Å². The molecule has 1 heterocycles. The number of methoxy groups -OCH3 is 1. The lowest BCUT2D eigenvalue weighted by atomic mass is 9.87. The summed E-state index contributed by atoms with van der Waals surface area (Å²) in [6, 6.07) is 6.19. The predicted molar refractivity (Wildman–Crippen MR) is 82.7 cm³/mol. The molecule has 4 heteroatoms. The number of hydrogen-bond donors (Lipinski definition) is 1. The zero-order valence-electron chi connectivity index (χ0n) is 12.5. The third-order valence-corrected chi connectivity index (χ3v) is 4.47. The Kier molecular flexibility index (Phi) is 5.70. The molecule has 0 aromatic heterocycles. The summed E-state index contributed by atoms with van der Waals surface area (Å²) in [6.07, 6.45) is 3.45. The highest BCUT2D eigenvalue weighted by Gasteiger charge is 2.33. The second-order valence-corrected chi connectivity index (χ2v) is 5.76. The molecule has 1 aliphatic heterocycles. The van der Waals surface area contributed by atoms with Crippen LogP contribution in [0.4, 0.5) is 0 Å². The van der Waals surface area contributed by atoms with Gasteiger partial charge in [0.25, 0.3) is 0 Å². The number of rotatable bonds is 6. The number of benzene rings is 1. The standard InChI is InChI=1S/C16H24ClNO2/c1-4-15-13(7-8-20-15)14(18-2)10-11-9-12(17)5-6-16(11)19-3/h5-6,9,13-15,18H,4,7-8,10H2,1-3H3. The van der Waals surface area contributed by atoms with Gasteiger partial charge in [-0.2, -0.15) is 0 Å². The van der Waals surface area contributed by atoms with E-state index in [1.54, 1.807) is 7.11 Å². The number of halogens is 1. The first-order valence-electron chi connectivity index (χ1n) is 7.30. The largest absolute Gasteiger partial charge is 0.496 e. The van der Waals surface area contributed by atoms with Crippen molar-refractivity contribution in [1.29, 1.82) is 0 Å². The molecule has 0 saturated carbocycles. The molecule has 3 atom stereocenters. The van der Waals surface area contributed by atoms with Gasteiger partial charge < -0.3 is 14.8 Å². The topological polar surface area (TPSA) is 30.5 Å².